The molecule has 2 aromatic rings. The van der Waals surface area contributed by atoms with Crippen LogP contribution in [0.5, 0.6) is 0 Å². The van der Waals surface area contributed by atoms with Gasteiger partial charge in [-0.05, 0) is 62.1 Å². The Morgan fingerprint density at radius 1 is 1.10 bits per heavy atom. The van der Waals surface area contributed by atoms with E-state index in [1.54, 1.807) is 0 Å². The first-order valence-corrected chi connectivity index (χ1v) is 8.38. The van der Waals surface area contributed by atoms with Crippen LogP contribution < -0.4 is 5.32 Å². The largest absolute Gasteiger partial charge is 0.309 e. The summed E-state index contributed by atoms with van der Waals surface area (Å²) in [6.45, 7) is 9.97. The van der Waals surface area contributed by atoms with Crippen molar-refractivity contribution < 1.29 is 0 Å². The zero-order chi connectivity index (χ0) is 14.5. The van der Waals surface area contributed by atoms with Crippen LogP contribution in [0.1, 0.15) is 48.7 Å². The second-order valence-corrected chi connectivity index (χ2v) is 6.48. The molecule has 0 saturated heterocycles. The summed E-state index contributed by atoms with van der Waals surface area (Å²) in [6.07, 6.45) is 2.33. The van der Waals surface area contributed by atoms with E-state index in [1.165, 1.54) is 32.9 Å². The van der Waals surface area contributed by atoms with Crippen molar-refractivity contribution in [1.29, 1.82) is 0 Å². The third-order valence-corrected chi connectivity index (χ3v) is 5.12. The standard InChI is InChI=1S/C18H25NS/c1-5-12-19-16(6-2)18-11-10-17(20-18)15-9-7-8-13(3)14(15)4/h7-11,16,19H,5-6,12H2,1-4H3. The Hall–Kier alpha value is -1.12. The van der Waals surface area contributed by atoms with Crippen LogP contribution in [0.15, 0.2) is 30.3 Å². The van der Waals surface area contributed by atoms with E-state index in [-0.39, 0.29) is 0 Å². The zero-order valence-corrected chi connectivity index (χ0v) is 13.8. The Balaban J connectivity index is 2.26. The number of nitrogens with one attached hydrogen (secondary N) is 1. The van der Waals surface area contributed by atoms with Crippen molar-refractivity contribution in [1.82, 2.24) is 5.32 Å². The molecule has 20 heavy (non-hydrogen) atoms. The van der Waals surface area contributed by atoms with Crippen LogP contribution in [0.3, 0.4) is 0 Å². The average molecular weight is 287 g/mol. The molecule has 0 aliphatic carbocycles. The maximum atomic E-state index is 3.64. The number of hydrogen-bond acceptors (Lipinski definition) is 2. The predicted octanol–water partition coefficient (Wildman–Crippen LogP) is 5.48. The normalized spacial score (nSPS) is 12.6. The van der Waals surface area contributed by atoms with Crippen LogP contribution in [0.25, 0.3) is 10.4 Å². The summed E-state index contributed by atoms with van der Waals surface area (Å²) in [6, 6.07) is 11.6. The first-order chi connectivity index (χ1) is 9.67. The van der Waals surface area contributed by atoms with Gasteiger partial charge in [0.2, 0.25) is 0 Å². The van der Waals surface area contributed by atoms with Crippen LogP contribution >= 0.6 is 11.3 Å². The quantitative estimate of drug-likeness (QED) is 0.741. The molecule has 0 spiro atoms. The molecule has 0 amide bonds. The lowest BCUT2D eigenvalue weighted by Crippen LogP contribution is -2.20. The maximum absolute atomic E-state index is 3.64. The van der Waals surface area contributed by atoms with Crippen LogP contribution in [0.2, 0.25) is 0 Å². The van der Waals surface area contributed by atoms with E-state index in [2.05, 4.69) is 63.3 Å². The summed E-state index contributed by atoms with van der Waals surface area (Å²) >= 11 is 1.93. The SMILES string of the molecule is CCCNC(CC)c1ccc(-c2cccc(C)c2C)s1. The second kappa shape index (κ2) is 7.05. The molecule has 0 aliphatic heterocycles. The van der Waals surface area contributed by atoms with E-state index in [4.69, 9.17) is 0 Å². The minimum Gasteiger partial charge on any atom is -0.309 e. The van der Waals surface area contributed by atoms with Gasteiger partial charge in [-0.2, -0.15) is 0 Å². The van der Waals surface area contributed by atoms with Gasteiger partial charge in [-0.1, -0.05) is 32.0 Å². The van der Waals surface area contributed by atoms with Gasteiger partial charge in [0.05, 0.1) is 0 Å². The van der Waals surface area contributed by atoms with E-state index >= 15 is 0 Å². The molecule has 2 rings (SSSR count). The maximum Gasteiger partial charge on any atom is 0.0412 e. The lowest BCUT2D eigenvalue weighted by molar-refractivity contribution is 0.525. The Kier molecular flexibility index (Phi) is 5.38. The monoisotopic (exact) mass is 287 g/mol. The van der Waals surface area contributed by atoms with Crippen LogP contribution in [-0.4, -0.2) is 6.54 Å². The molecule has 1 heterocycles. The minimum atomic E-state index is 0.499. The van der Waals surface area contributed by atoms with Crippen molar-refractivity contribution in [2.75, 3.05) is 6.54 Å². The van der Waals surface area contributed by atoms with Gasteiger partial charge in [0, 0.05) is 15.8 Å². The highest BCUT2D eigenvalue weighted by Crippen LogP contribution is 2.34. The Bertz CT molecular complexity index is 556. The average Bonchev–Trinajstić information content (AvgIpc) is 2.92. The molecular weight excluding hydrogens is 262 g/mol. The fourth-order valence-electron chi connectivity index (χ4n) is 2.47. The molecule has 0 saturated carbocycles. The van der Waals surface area contributed by atoms with E-state index < -0.39 is 0 Å². The molecule has 108 valence electrons. The van der Waals surface area contributed by atoms with Gasteiger partial charge in [0.15, 0.2) is 0 Å². The lowest BCUT2D eigenvalue weighted by atomic mass is 10.0. The van der Waals surface area contributed by atoms with E-state index in [0.29, 0.717) is 6.04 Å². The molecule has 1 aromatic heterocycles. The van der Waals surface area contributed by atoms with Crippen molar-refractivity contribution in [3.8, 4) is 10.4 Å². The number of aryl methyl sites for hydroxylation is 1. The predicted molar refractivity (Wildman–Crippen MR) is 90.6 cm³/mol. The fourth-order valence-corrected chi connectivity index (χ4v) is 3.72. The molecule has 0 radical (unpaired) electrons. The molecule has 1 unspecified atom stereocenters. The van der Waals surface area contributed by atoms with Crippen molar-refractivity contribution in [3.63, 3.8) is 0 Å². The lowest BCUT2D eigenvalue weighted by Gasteiger charge is -2.14. The number of benzene rings is 1. The van der Waals surface area contributed by atoms with E-state index in [9.17, 15) is 0 Å². The molecule has 0 bridgehead atoms. The Morgan fingerprint density at radius 2 is 1.90 bits per heavy atom. The van der Waals surface area contributed by atoms with E-state index in [0.717, 1.165) is 13.0 Å². The van der Waals surface area contributed by atoms with Gasteiger partial charge in [-0.3, -0.25) is 0 Å². The third-order valence-electron chi connectivity index (χ3n) is 3.89. The summed E-state index contributed by atoms with van der Waals surface area (Å²) in [7, 11) is 0. The van der Waals surface area contributed by atoms with Gasteiger partial charge in [-0.15, -0.1) is 11.3 Å². The highest BCUT2D eigenvalue weighted by atomic mass is 32.1. The third kappa shape index (κ3) is 3.31. The van der Waals surface area contributed by atoms with Gasteiger partial charge in [0.25, 0.3) is 0 Å². The van der Waals surface area contributed by atoms with Crippen LogP contribution in [-0.2, 0) is 0 Å². The molecule has 1 N–H and O–H groups in total. The first kappa shape index (κ1) is 15.3. The Morgan fingerprint density at radius 3 is 2.60 bits per heavy atom. The number of rotatable bonds is 6. The van der Waals surface area contributed by atoms with E-state index in [1.807, 2.05) is 11.3 Å². The smallest absolute Gasteiger partial charge is 0.0412 e. The van der Waals surface area contributed by atoms with Gasteiger partial charge in [-0.25, -0.2) is 0 Å². The topological polar surface area (TPSA) is 12.0 Å². The van der Waals surface area contributed by atoms with Crippen molar-refractivity contribution >= 4 is 11.3 Å². The van der Waals surface area contributed by atoms with Crippen LogP contribution in [0.4, 0.5) is 0 Å². The fraction of sp³-hybridized carbons (Fsp3) is 0.444. The molecule has 0 aliphatic rings. The summed E-state index contributed by atoms with van der Waals surface area (Å²) in [4.78, 5) is 2.84. The minimum absolute atomic E-state index is 0.499. The van der Waals surface area contributed by atoms with Gasteiger partial charge in [0.1, 0.15) is 0 Å². The van der Waals surface area contributed by atoms with Crippen molar-refractivity contribution in [3.05, 3.63) is 46.3 Å². The second-order valence-electron chi connectivity index (χ2n) is 5.36. The number of thiophene rings is 1. The zero-order valence-electron chi connectivity index (χ0n) is 13.0. The number of hydrogen-bond donors (Lipinski definition) is 1. The highest BCUT2D eigenvalue weighted by molar-refractivity contribution is 7.15. The molecule has 1 nitrogen and oxygen atoms in total. The summed E-state index contributed by atoms with van der Waals surface area (Å²) in [5.74, 6) is 0. The van der Waals surface area contributed by atoms with Crippen molar-refractivity contribution in [2.45, 2.75) is 46.6 Å². The molecule has 1 atom stereocenters. The summed E-state index contributed by atoms with van der Waals surface area (Å²) in [5.41, 5.74) is 4.15. The summed E-state index contributed by atoms with van der Waals surface area (Å²) in [5, 5.41) is 3.64. The molecule has 2 heteroatoms. The molecule has 1 aromatic carbocycles. The van der Waals surface area contributed by atoms with Gasteiger partial charge < -0.3 is 5.32 Å². The highest BCUT2D eigenvalue weighted by Gasteiger charge is 2.13. The van der Waals surface area contributed by atoms with Crippen molar-refractivity contribution in [2.24, 2.45) is 0 Å². The first-order valence-electron chi connectivity index (χ1n) is 7.57. The molecular formula is C18H25NS. The van der Waals surface area contributed by atoms with Crippen LogP contribution in [0, 0.1) is 13.8 Å². The molecule has 0 fully saturated rings. The summed E-state index contributed by atoms with van der Waals surface area (Å²) < 4.78 is 0. The van der Waals surface area contributed by atoms with Gasteiger partial charge >= 0.3 is 0 Å². The Labute approximate surface area is 127 Å².